The second kappa shape index (κ2) is 3.76. The molecule has 0 radical (unpaired) electrons. The van der Waals surface area contributed by atoms with Crippen LogP contribution in [0.3, 0.4) is 0 Å². The van der Waals surface area contributed by atoms with Gasteiger partial charge in [0.25, 0.3) is 0 Å². The minimum atomic E-state index is 0.353. The normalized spacial score (nSPS) is 17.3. The van der Waals surface area contributed by atoms with Gasteiger partial charge in [0, 0.05) is 0 Å². The molecule has 0 spiro atoms. The molecule has 1 heteroatoms. The Labute approximate surface area is 82.3 Å². The van der Waals surface area contributed by atoms with Gasteiger partial charge in [0.1, 0.15) is 0 Å². The van der Waals surface area contributed by atoms with Gasteiger partial charge in [-0.15, -0.1) is 0 Å². The van der Waals surface area contributed by atoms with E-state index in [0.29, 0.717) is 21.3 Å². The van der Waals surface area contributed by atoms with Crippen LogP contribution in [0.15, 0.2) is 22.0 Å². The van der Waals surface area contributed by atoms with E-state index in [1.165, 1.54) is 12.0 Å². The fourth-order valence-corrected chi connectivity index (χ4v) is 3.34. The summed E-state index contributed by atoms with van der Waals surface area (Å²) in [5, 5.41) is 0. The molecule has 0 saturated heterocycles. The van der Waals surface area contributed by atoms with E-state index in [0.717, 1.165) is 0 Å². The third-order valence-corrected chi connectivity index (χ3v) is 3.12. The average Bonchev–Trinajstić information content (AvgIpc) is 1.82. The van der Waals surface area contributed by atoms with Gasteiger partial charge < -0.3 is 0 Å². The molecule has 0 N–H and O–H groups in total. The quantitative estimate of drug-likeness (QED) is 0.610. The molecule has 0 bridgehead atoms. The maximum absolute atomic E-state index is 2.37. The first-order valence-electron chi connectivity index (χ1n) is 4.39. The first kappa shape index (κ1) is 10.0. The van der Waals surface area contributed by atoms with E-state index < -0.39 is 0 Å². The Hall–Kier alpha value is -0.0656. The van der Waals surface area contributed by atoms with Crippen LogP contribution in [0.2, 0.25) is 0 Å². The summed E-state index contributed by atoms with van der Waals surface area (Å²) in [4.78, 5) is 0. The van der Waals surface area contributed by atoms with E-state index in [2.05, 4.69) is 44.6 Å². The van der Waals surface area contributed by atoms with E-state index in [9.17, 15) is 0 Å². The van der Waals surface area contributed by atoms with Gasteiger partial charge >= 0.3 is 82.1 Å². The molecule has 0 nitrogen and oxygen atoms in total. The summed E-state index contributed by atoms with van der Waals surface area (Å²) in [6, 6.07) is 0. The zero-order valence-corrected chi connectivity index (χ0v) is 9.78. The van der Waals surface area contributed by atoms with E-state index in [4.69, 9.17) is 0 Å². The predicted octanol–water partition coefficient (Wildman–Crippen LogP) is 3.15. The summed E-state index contributed by atoms with van der Waals surface area (Å²) in [7, 11) is 0. The SMILES string of the molecule is CC1=C[CH]=[V][C](CC(C)(C)C)=C1. The molecule has 0 fully saturated rings. The molecule has 1 aliphatic rings. The van der Waals surface area contributed by atoms with Crippen molar-refractivity contribution < 1.29 is 15.8 Å². The predicted molar refractivity (Wildman–Crippen MR) is 52.0 cm³/mol. The van der Waals surface area contributed by atoms with Crippen LogP contribution in [-0.2, 0) is 15.8 Å². The van der Waals surface area contributed by atoms with Crippen molar-refractivity contribution in [3.05, 3.63) is 22.0 Å². The molecule has 12 heavy (non-hydrogen) atoms. The third-order valence-electron chi connectivity index (χ3n) is 1.68. The summed E-state index contributed by atoms with van der Waals surface area (Å²) in [6.07, 6.45) is 5.87. The molecular formula is C11H17V. The Morgan fingerprint density at radius 1 is 1.33 bits per heavy atom. The number of allylic oxidation sites excluding steroid dienone is 4. The molecule has 0 aromatic carbocycles. The Kier molecular flexibility index (Phi) is 3.14. The first-order chi connectivity index (χ1) is 5.47. The van der Waals surface area contributed by atoms with Gasteiger partial charge in [0.15, 0.2) is 0 Å². The summed E-state index contributed by atoms with van der Waals surface area (Å²) in [5.41, 5.74) is 1.86. The monoisotopic (exact) mass is 200 g/mol. The van der Waals surface area contributed by atoms with Crippen LogP contribution in [0.4, 0.5) is 0 Å². The van der Waals surface area contributed by atoms with Crippen LogP contribution < -0.4 is 0 Å². The Bertz CT molecular complexity index is 249. The van der Waals surface area contributed by atoms with Crippen LogP contribution in [0.25, 0.3) is 0 Å². The molecule has 1 aliphatic heterocycles. The first-order valence-corrected chi connectivity index (χ1v) is 5.89. The zero-order chi connectivity index (χ0) is 9.19. The van der Waals surface area contributed by atoms with E-state index in [-0.39, 0.29) is 0 Å². The molecule has 0 saturated carbocycles. The van der Waals surface area contributed by atoms with Crippen molar-refractivity contribution in [3.8, 4) is 0 Å². The van der Waals surface area contributed by atoms with E-state index in [1.54, 1.807) is 4.28 Å². The van der Waals surface area contributed by atoms with Crippen molar-refractivity contribution >= 4 is 4.73 Å². The fraction of sp³-hybridized carbons (Fsp3) is 0.545. The van der Waals surface area contributed by atoms with Gasteiger partial charge in [0.05, 0.1) is 0 Å². The molecule has 0 aliphatic carbocycles. The van der Waals surface area contributed by atoms with E-state index >= 15 is 0 Å². The van der Waals surface area contributed by atoms with Crippen molar-refractivity contribution in [1.29, 1.82) is 0 Å². The molecule has 66 valence electrons. The Morgan fingerprint density at radius 3 is 2.50 bits per heavy atom. The summed E-state index contributed by atoms with van der Waals surface area (Å²) < 4.78 is 4.02. The minimum absolute atomic E-state index is 0.353. The summed E-state index contributed by atoms with van der Waals surface area (Å²) in [6.45, 7) is 9.10. The van der Waals surface area contributed by atoms with Crippen LogP contribution >= 0.6 is 0 Å². The number of rotatable bonds is 1. The van der Waals surface area contributed by atoms with Crippen LogP contribution in [-0.4, -0.2) is 4.73 Å². The molecular weight excluding hydrogens is 183 g/mol. The molecule has 1 rings (SSSR count). The van der Waals surface area contributed by atoms with Gasteiger partial charge in [-0.05, 0) is 0 Å². The molecule has 0 atom stereocenters. The molecule has 0 aromatic heterocycles. The third kappa shape index (κ3) is 3.56. The number of hydrogen-bond acceptors (Lipinski definition) is 0. The van der Waals surface area contributed by atoms with Crippen LogP contribution in [0, 0.1) is 5.41 Å². The van der Waals surface area contributed by atoms with Crippen molar-refractivity contribution in [2.45, 2.75) is 34.1 Å². The van der Waals surface area contributed by atoms with Gasteiger partial charge in [-0.25, -0.2) is 0 Å². The second-order valence-electron chi connectivity index (χ2n) is 4.56. The molecule has 0 unspecified atom stereocenters. The molecule has 0 amide bonds. The number of hydrogen-bond donors (Lipinski definition) is 0. The fourth-order valence-electron chi connectivity index (χ4n) is 1.24. The zero-order valence-electron chi connectivity index (χ0n) is 8.39. The van der Waals surface area contributed by atoms with E-state index in [1.807, 2.05) is 0 Å². The van der Waals surface area contributed by atoms with Crippen molar-refractivity contribution in [3.63, 3.8) is 0 Å². The van der Waals surface area contributed by atoms with Crippen molar-refractivity contribution in [2.75, 3.05) is 0 Å². The molecule has 0 aromatic rings. The second-order valence-corrected chi connectivity index (χ2v) is 6.33. The molecule has 1 heterocycles. The van der Waals surface area contributed by atoms with Gasteiger partial charge in [-0.3, -0.25) is 0 Å². The van der Waals surface area contributed by atoms with Gasteiger partial charge in [0.2, 0.25) is 0 Å². The standard InChI is InChI=1S/C11H17.V/c1-6-10(2)8-7-9-11(3,4)5;/h1,6,8H,9H2,2-5H3;. The average molecular weight is 200 g/mol. The van der Waals surface area contributed by atoms with Gasteiger partial charge in [-0.2, -0.15) is 0 Å². The Balaban J connectivity index is 2.68. The Morgan fingerprint density at radius 2 is 2.00 bits per heavy atom. The maximum atomic E-state index is 2.37. The van der Waals surface area contributed by atoms with Crippen LogP contribution in [0.5, 0.6) is 0 Å². The summed E-state index contributed by atoms with van der Waals surface area (Å²) >= 11 is 0.353. The summed E-state index contributed by atoms with van der Waals surface area (Å²) in [5.74, 6) is 0. The topological polar surface area (TPSA) is 0 Å². The van der Waals surface area contributed by atoms with Crippen LogP contribution in [0.1, 0.15) is 34.1 Å². The van der Waals surface area contributed by atoms with Crippen molar-refractivity contribution in [1.82, 2.24) is 0 Å². The van der Waals surface area contributed by atoms with Gasteiger partial charge in [-0.1, -0.05) is 0 Å². The van der Waals surface area contributed by atoms with Crippen molar-refractivity contribution in [2.24, 2.45) is 5.41 Å².